The number of nitrogens with zero attached hydrogens (tertiary/aromatic N) is 1. The van der Waals surface area contributed by atoms with E-state index in [4.69, 9.17) is 4.74 Å². The number of phenols is 1. The molecular formula is C19H17BrN2O3. The van der Waals surface area contributed by atoms with Crippen molar-refractivity contribution >= 4 is 27.9 Å². The summed E-state index contributed by atoms with van der Waals surface area (Å²) in [6.07, 6.45) is 2.00. The average Bonchev–Trinajstić information content (AvgIpc) is 2.62. The molecule has 0 atom stereocenters. The normalized spacial score (nSPS) is 10.8. The Morgan fingerprint density at radius 2 is 2.08 bits per heavy atom. The number of hydrogen-bond donors (Lipinski definition) is 2. The number of halogens is 1. The van der Waals surface area contributed by atoms with Gasteiger partial charge in [0, 0.05) is 16.6 Å². The van der Waals surface area contributed by atoms with E-state index in [0.717, 1.165) is 5.56 Å². The van der Waals surface area contributed by atoms with Gasteiger partial charge in [-0.25, -0.2) is 0 Å². The molecule has 0 aliphatic carbocycles. The molecule has 0 saturated carbocycles. The average molecular weight is 401 g/mol. The molecule has 0 unspecified atom stereocenters. The number of nitriles is 1. The molecule has 25 heavy (non-hydrogen) atoms. The van der Waals surface area contributed by atoms with Crippen LogP contribution in [0.15, 0.2) is 52.5 Å². The van der Waals surface area contributed by atoms with E-state index < -0.39 is 5.91 Å². The van der Waals surface area contributed by atoms with Crippen LogP contribution in [-0.4, -0.2) is 24.7 Å². The van der Waals surface area contributed by atoms with Crippen LogP contribution in [0, 0.1) is 11.3 Å². The van der Waals surface area contributed by atoms with Gasteiger partial charge in [-0.1, -0.05) is 46.3 Å². The second kappa shape index (κ2) is 8.90. The van der Waals surface area contributed by atoms with Crippen molar-refractivity contribution in [3.8, 4) is 17.6 Å². The van der Waals surface area contributed by atoms with Gasteiger partial charge in [-0.15, -0.1) is 0 Å². The first-order valence-electron chi connectivity index (χ1n) is 7.55. The van der Waals surface area contributed by atoms with E-state index in [1.54, 1.807) is 12.1 Å². The summed E-state index contributed by atoms with van der Waals surface area (Å²) in [5, 5.41) is 22.1. The number of methoxy groups -OCH3 is 1. The van der Waals surface area contributed by atoms with Crippen LogP contribution in [0.5, 0.6) is 11.5 Å². The van der Waals surface area contributed by atoms with Gasteiger partial charge in [0.05, 0.1) is 7.11 Å². The van der Waals surface area contributed by atoms with Gasteiger partial charge in [0.1, 0.15) is 11.6 Å². The zero-order valence-electron chi connectivity index (χ0n) is 13.6. The monoisotopic (exact) mass is 400 g/mol. The molecule has 5 nitrogen and oxygen atoms in total. The predicted molar refractivity (Wildman–Crippen MR) is 99.1 cm³/mol. The van der Waals surface area contributed by atoms with Crippen LogP contribution in [0.3, 0.4) is 0 Å². The van der Waals surface area contributed by atoms with Crippen LogP contribution in [-0.2, 0) is 11.2 Å². The minimum atomic E-state index is -0.489. The van der Waals surface area contributed by atoms with Crippen molar-refractivity contribution < 1.29 is 14.6 Å². The van der Waals surface area contributed by atoms with Crippen molar-refractivity contribution in [3.63, 3.8) is 0 Å². The van der Waals surface area contributed by atoms with Crippen LogP contribution >= 0.6 is 15.9 Å². The Morgan fingerprint density at radius 1 is 1.36 bits per heavy atom. The number of ether oxygens (including phenoxy) is 1. The Labute approximate surface area is 154 Å². The van der Waals surface area contributed by atoms with E-state index in [-0.39, 0.29) is 17.1 Å². The second-order valence-corrected chi connectivity index (χ2v) is 6.12. The summed E-state index contributed by atoms with van der Waals surface area (Å²) in [6.45, 7) is 0.412. The maximum absolute atomic E-state index is 12.2. The number of benzene rings is 2. The number of aromatic hydroxyl groups is 1. The summed E-state index contributed by atoms with van der Waals surface area (Å²) in [5.74, 6) is -0.366. The quantitative estimate of drug-likeness (QED) is 0.574. The molecule has 0 bridgehead atoms. The Balaban J connectivity index is 2.11. The highest BCUT2D eigenvalue weighted by molar-refractivity contribution is 9.10. The first-order valence-corrected chi connectivity index (χ1v) is 8.35. The minimum Gasteiger partial charge on any atom is -0.504 e. The van der Waals surface area contributed by atoms with Crippen molar-refractivity contribution in [2.24, 2.45) is 0 Å². The smallest absolute Gasteiger partial charge is 0.261 e. The van der Waals surface area contributed by atoms with Gasteiger partial charge >= 0.3 is 0 Å². The van der Waals surface area contributed by atoms with E-state index in [9.17, 15) is 15.2 Å². The van der Waals surface area contributed by atoms with Crippen LogP contribution in [0.4, 0.5) is 0 Å². The Hall–Kier alpha value is -2.78. The lowest BCUT2D eigenvalue weighted by Crippen LogP contribution is -2.26. The highest BCUT2D eigenvalue weighted by atomic mass is 79.9. The number of phenolic OH excluding ortho intramolecular Hbond substituents is 1. The number of rotatable bonds is 6. The zero-order valence-corrected chi connectivity index (χ0v) is 15.2. The summed E-state index contributed by atoms with van der Waals surface area (Å²) in [6, 6.07) is 14.8. The molecule has 0 fully saturated rings. The van der Waals surface area contributed by atoms with Crippen molar-refractivity contribution in [2.75, 3.05) is 13.7 Å². The highest BCUT2D eigenvalue weighted by Crippen LogP contribution is 2.34. The third-order valence-corrected chi connectivity index (χ3v) is 3.95. The van der Waals surface area contributed by atoms with Gasteiger partial charge in [-0.3, -0.25) is 4.79 Å². The summed E-state index contributed by atoms with van der Waals surface area (Å²) >= 11 is 3.30. The zero-order chi connectivity index (χ0) is 18.2. The molecular weight excluding hydrogens is 384 g/mol. The summed E-state index contributed by atoms with van der Waals surface area (Å²) in [4.78, 5) is 12.2. The number of amides is 1. The molecule has 0 spiro atoms. The molecule has 2 rings (SSSR count). The standard InChI is InChI=1S/C19H17BrN2O3/c1-25-17-11-16(20)10-14(18(17)23)9-15(12-21)19(24)22-8-7-13-5-3-2-4-6-13/h2-6,9-11,23H,7-8H2,1H3,(H,22,24). The number of nitrogens with one attached hydrogen (secondary N) is 1. The van der Waals surface area contributed by atoms with E-state index in [1.807, 2.05) is 36.4 Å². The topological polar surface area (TPSA) is 82.3 Å². The molecule has 0 aromatic heterocycles. The summed E-state index contributed by atoms with van der Waals surface area (Å²) in [7, 11) is 1.43. The maximum atomic E-state index is 12.2. The van der Waals surface area contributed by atoms with Crippen molar-refractivity contribution in [1.29, 1.82) is 5.26 Å². The van der Waals surface area contributed by atoms with Crippen molar-refractivity contribution in [3.05, 3.63) is 63.6 Å². The molecule has 128 valence electrons. The van der Waals surface area contributed by atoms with Crippen LogP contribution in [0.25, 0.3) is 6.08 Å². The largest absolute Gasteiger partial charge is 0.504 e. The Morgan fingerprint density at radius 3 is 2.72 bits per heavy atom. The van der Waals surface area contributed by atoms with Crippen LogP contribution in [0.1, 0.15) is 11.1 Å². The third kappa shape index (κ3) is 5.10. The molecule has 2 aromatic carbocycles. The van der Waals surface area contributed by atoms with E-state index in [1.165, 1.54) is 13.2 Å². The highest BCUT2D eigenvalue weighted by Gasteiger charge is 2.13. The molecule has 2 N–H and O–H groups in total. The minimum absolute atomic E-state index is 0.0940. The van der Waals surface area contributed by atoms with E-state index >= 15 is 0 Å². The van der Waals surface area contributed by atoms with Crippen LogP contribution < -0.4 is 10.1 Å². The second-order valence-electron chi connectivity index (χ2n) is 5.21. The van der Waals surface area contributed by atoms with Gasteiger partial charge in [-0.2, -0.15) is 5.26 Å². The Kier molecular flexibility index (Phi) is 6.61. The molecule has 0 heterocycles. The van der Waals surface area contributed by atoms with Gasteiger partial charge in [0.2, 0.25) is 0 Å². The SMILES string of the molecule is COc1cc(Br)cc(C=C(C#N)C(=O)NCCc2ccccc2)c1O. The fraction of sp³-hybridized carbons (Fsp3) is 0.158. The molecule has 6 heteroatoms. The lowest BCUT2D eigenvalue weighted by atomic mass is 10.1. The first-order chi connectivity index (χ1) is 12.0. The van der Waals surface area contributed by atoms with Gasteiger partial charge in [0.15, 0.2) is 11.5 Å². The lowest BCUT2D eigenvalue weighted by molar-refractivity contribution is -0.117. The van der Waals surface area contributed by atoms with Gasteiger partial charge in [0.25, 0.3) is 5.91 Å². The fourth-order valence-corrected chi connectivity index (χ4v) is 2.68. The lowest BCUT2D eigenvalue weighted by Gasteiger charge is -2.08. The first kappa shape index (κ1) is 18.6. The van der Waals surface area contributed by atoms with Crippen molar-refractivity contribution in [1.82, 2.24) is 5.32 Å². The molecule has 0 aliphatic rings. The number of carbonyl (C=O) groups excluding carboxylic acids is 1. The molecule has 0 radical (unpaired) electrons. The molecule has 2 aromatic rings. The summed E-state index contributed by atoms with van der Waals surface area (Å²) < 4.78 is 5.73. The molecule has 0 saturated heterocycles. The van der Waals surface area contributed by atoms with Crippen LogP contribution in [0.2, 0.25) is 0 Å². The van der Waals surface area contributed by atoms with E-state index in [0.29, 0.717) is 23.0 Å². The molecule has 1 amide bonds. The van der Waals surface area contributed by atoms with Gasteiger partial charge in [-0.05, 0) is 30.2 Å². The molecule has 0 aliphatic heterocycles. The van der Waals surface area contributed by atoms with Gasteiger partial charge < -0.3 is 15.2 Å². The van der Waals surface area contributed by atoms with Crippen molar-refractivity contribution in [2.45, 2.75) is 6.42 Å². The van der Waals surface area contributed by atoms with E-state index in [2.05, 4.69) is 21.2 Å². The maximum Gasteiger partial charge on any atom is 0.261 e. The number of hydrogen-bond acceptors (Lipinski definition) is 4. The predicted octanol–water partition coefficient (Wildman–Crippen LogP) is 3.43. The fourth-order valence-electron chi connectivity index (χ4n) is 2.22. The third-order valence-electron chi connectivity index (χ3n) is 3.50. The Bertz CT molecular complexity index is 827. The summed E-state index contributed by atoms with van der Waals surface area (Å²) in [5.41, 5.74) is 1.32. The number of carbonyl (C=O) groups is 1.